The summed E-state index contributed by atoms with van der Waals surface area (Å²) in [7, 11) is 0. The number of aliphatic hydroxyl groups is 1. The maximum Gasteiger partial charge on any atom is 0.294 e. The second-order valence-electron chi connectivity index (χ2n) is 7.14. The number of nitriles is 1. The molecule has 5 rings (SSSR count). The van der Waals surface area contributed by atoms with Crippen LogP contribution in [0.1, 0.15) is 27.9 Å². The maximum atomic E-state index is 13.4. The molecule has 0 saturated heterocycles. The van der Waals surface area contributed by atoms with Gasteiger partial charge >= 0.3 is 0 Å². The van der Waals surface area contributed by atoms with Crippen LogP contribution in [-0.4, -0.2) is 16.8 Å². The van der Waals surface area contributed by atoms with Gasteiger partial charge in [-0.05, 0) is 60.7 Å². The molecule has 2 aromatic carbocycles. The third-order valence-electron chi connectivity index (χ3n) is 5.24. The van der Waals surface area contributed by atoms with Gasteiger partial charge in [0.2, 0.25) is 5.78 Å². The summed E-state index contributed by atoms with van der Waals surface area (Å²) in [6.45, 7) is 0. The van der Waals surface area contributed by atoms with E-state index in [0.29, 0.717) is 27.2 Å². The number of hydrogen-bond acceptors (Lipinski definition) is 6. The lowest BCUT2D eigenvalue weighted by Gasteiger charge is -2.24. The molecule has 2 aromatic heterocycles. The van der Waals surface area contributed by atoms with E-state index in [1.165, 1.54) is 17.2 Å². The summed E-state index contributed by atoms with van der Waals surface area (Å²) in [6.07, 6.45) is 1.41. The highest BCUT2D eigenvalue weighted by atomic mass is 35.5. The Hall–Kier alpha value is -4.28. The number of ketones is 1. The Kier molecular flexibility index (Phi) is 4.58. The van der Waals surface area contributed by atoms with Crippen molar-refractivity contribution >= 4 is 39.9 Å². The van der Waals surface area contributed by atoms with E-state index < -0.39 is 23.5 Å². The van der Waals surface area contributed by atoms with Gasteiger partial charge in [0.25, 0.3) is 5.91 Å². The number of hydrogen-bond donors (Lipinski definition) is 1. The molecule has 1 aliphatic heterocycles. The molecular weight excluding hydrogens is 432 g/mol. The zero-order chi connectivity index (χ0) is 22.4. The molecular formula is C24H13ClN2O5. The van der Waals surface area contributed by atoms with E-state index in [2.05, 4.69) is 0 Å². The van der Waals surface area contributed by atoms with Crippen molar-refractivity contribution in [3.8, 4) is 6.07 Å². The van der Waals surface area contributed by atoms with Crippen molar-refractivity contribution in [3.63, 3.8) is 0 Å². The van der Waals surface area contributed by atoms with Crippen LogP contribution in [0.4, 0.5) is 5.69 Å². The summed E-state index contributed by atoms with van der Waals surface area (Å²) in [5.41, 5.74) is 1.07. The molecule has 0 bridgehead atoms. The number of carbonyl (C=O) groups is 2. The van der Waals surface area contributed by atoms with Gasteiger partial charge in [-0.3, -0.25) is 14.5 Å². The second-order valence-corrected chi connectivity index (χ2v) is 7.57. The Morgan fingerprint density at radius 3 is 2.59 bits per heavy atom. The zero-order valence-electron chi connectivity index (χ0n) is 16.3. The van der Waals surface area contributed by atoms with E-state index >= 15 is 0 Å². The predicted octanol–water partition coefficient (Wildman–Crippen LogP) is 5.33. The molecule has 7 nitrogen and oxygen atoms in total. The molecule has 1 N–H and O–H groups in total. The van der Waals surface area contributed by atoms with Crippen molar-refractivity contribution in [1.29, 1.82) is 5.26 Å². The van der Waals surface area contributed by atoms with Crippen LogP contribution in [0.15, 0.2) is 87.1 Å². The van der Waals surface area contributed by atoms with Crippen LogP contribution < -0.4 is 4.90 Å². The third-order valence-corrected chi connectivity index (χ3v) is 5.48. The minimum Gasteiger partial charge on any atom is -0.503 e. The topological polar surface area (TPSA) is 108 Å². The van der Waals surface area contributed by atoms with Gasteiger partial charge in [0.1, 0.15) is 17.4 Å². The van der Waals surface area contributed by atoms with E-state index in [1.807, 2.05) is 6.07 Å². The van der Waals surface area contributed by atoms with E-state index in [1.54, 1.807) is 54.6 Å². The summed E-state index contributed by atoms with van der Waals surface area (Å²) in [5, 5.41) is 20.9. The van der Waals surface area contributed by atoms with Gasteiger partial charge in [-0.1, -0.05) is 11.6 Å². The smallest absolute Gasteiger partial charge is 0.294 e. The first-order valence-electron chi connectivity index (χ1n) is 9.52. The lowest BCUT2D eigenvalue weighted by Crippen LogP contribution is -2.30. The van der Waals surface area contributed by atoms with E-state index in [0.717, 1.165) is 0 Å². The standard InChI is InChI=1S/C24H13ClN2O5/c25-15-5-8-17-14(10-15)11-19(32-17)22(28)20-21(18-2-1-9-31-18)27(24(30)23(20)29)16-6-3-13(12-26)4-7-16/h1-11,21,29H. The first kappa shape index (κ1) is 19.7. The van der Waals surface area contributed by atoms with Crippen molar-refractivity contribution < 1.29 is 23.5 Å². The molecule has 0 saturated carbocycles. The summed E-state index contributed by atoms with van der Waals surface area (Å²) in [4.78, 5) is 27.7. The molecule has 8 heteroatoms. The normalized spacial score (nSPS) is 16.1. The molecule has 156 valence electrons. The van der Waals surface area contributed by atoms with Crippen LogP contribution in [-0.2, 0) is 4.79 Å². The van der Waals surface area contributed by atoms with Crippen molar-refractivity contribution in [2.45, 2.75) is 6.04 Å². The van der Waals surface area contributed by atoms with Crippen molar-refractivity contribution in [2.24, 2.45) is 0 Å². The molecule has 4 aromatic rings. The lowest BCUT2D eigenvalue weighted by atomic mass is 9.99. The van der Waals surface area contributed by atoms with Gasteiger partial charge in [0, 0.05) is 16.1 Å². The van der Waals surface area contributed by atoms with E-state index in [4.69, 9.17) is 25.7 Å². The molecule has 1 unspecified atom stereocenters. The van der Waals surface area contributed by atoms with Crippen LogP contribution in [0, 0.1) is 11.3 Å². The zero-order valence-corrected chi connectivity index (χ0v) is 17.0. The molecule has 1 aliphatic rings. The lowest BCUT2D eigenvalue weighted by molar-refractivity contribution is -0.117. The summed E-state index contributed by atoms with van der Waals surface area (Å²) >= 11 is 6.02. The van der Waals surface area contributed by atoms with Crippen molar-refractivity contribution in [2.75, 3.05) is 4.90 Å². The average molecular weight is 445 g/mol. The van der Waals surface area contributed by atoms with Crippen LogP contribution in [0.2, 0.25) is 5.02 Å². The molecule has 32 heavy (non-hydrogen) atoms. The SMILES string of the molecule is N#Cc1ccc(N2C(=O)C(O)=C(C(=O)c3cc4cc(Cl)ccc4o3)C2c2ccco2)cc1. The van der Waals surface area contributed by atoms with Gasteiger partial charge in [-0.15, -0.1) is 0 Å². The van der Waals surface area contributed by atoms with Gasteiger partial charge in [0.15, 0.2) is 11.5 Å². The predicted molar refractivity (Wildman–Crippen MR) is 115 cm³/mol. The highest BCUT2D eigenvalue weighted by molar-refractivity contribution is 6.31. The summed E-state index contributed by atoms with van der Waals surface area (Å²) in [6, 6.07) is 16.9. The van der Waals surface area contributed by atoms with Crippen molar-refractivity contribution in [1.82, 2.24) is 0 Å². The quantitative estimate of drug-likeness (QED) is 0.426. The van der Waals surface area contributed by atoms with Crippen LogP contribution >= 0.6 is 11.6 Å². The molecule has 0 radical (unpaired) electrons. The average Bonchev–Trinajstić information content (AvgIpc) is 3.52. The molecule has 0 aliphatic carbocycles. The first-order chi connectivity index (χ1) is 15.5. The molecule has 3 heterocycles. The maximum absolute atomic E-state index is 13.4. The number of carbonyl (C=O) groups excluding carboxylic acids is 2. The van der Waals surface area contributed by atoms with Crippen LogP contribution in [0.5, 0.6) is 0 Å². The Morgan fingerprint density at radius 1 is 1.12 bits per heavy atom. The van der Waals surface area contributed by atoms with Gasteiger partial charge < -0.3 is 13.9 Å². The van der Waals surface area contributed by atoms with Gasteiger partial charge in [-0.25, -0.2) is 0 Å². The number of rotatable bonds is 4. The van der Waals surface area contributed by atoms with E-state index in [9.17, 15) is 14.7 Å². The van der Waals surface area contributed by atoms with Gasteiger partial charge in [-0.2, -0.15) is 5.26 Å². The number of anilines is 1. The minimum absolute atomic E-state index is 0.0464. The molecule has 0 spiro atoms. The summed E-state index contributed by atoms with van der Waals surface area (Å²) in [5.74, 6) is -1.87. The number of Topliss-reactive ketones (excluding diaryl/α,β-unsaturated/α-hetero) is 1. The first-order valence-corrected chi connectivity index (χ1v) is 9.90. The van der Waals surface area contributed by atoms with Crippen LogP contribution in [0.25, 0.3) is 11.0 Å². The Balaban J connectivity index is 1.62. The van der Waals surface area contributed by atoms with E-state index in [-0.39, 0.29) is 17.1 Å². The molecule has 1 amide bonds. The number of nitrogens with zero attached hydrogens (tertiary/aromatic N) is 2. The number of halogens is 1. The minimum atomic E-state index is -1.02. The number of aliphatic hydroxyl groups excluding tert-OH is 1. The molecule has 0 fully saturated rings. The third kappa shape index (κ3) is 3.06. The van der Waals surface area contributed by atoms with Crippen molar-refractivity contribution in [3.05, 3.63) is 100 Å². The monoisotopic (exact) mass is 444 g/mol. The van der Waals surface area contributed by atoms with Crippen LogP contribution in [0.3, 0.4) is 0 Å². The molecule has 1 atom stereocenters. The summed E-state index contributed by atoms with van der Waals surface area (Å²) < 4.78 is 11.2. The Labute approximate surface area is 186 Å². The Morgan fingerprint density at radius 2 is 1.91 bits per heavy atom. The Bertz CT molecular complexity index is 1440. The highest BCUT2D eigenvalue weighted by Gasteiger charge is 2.46. The number of furan rings is 2. The fraction of sp³-hybridized carbons (Fsp3) is 0.0417. The second kappa shape index (κ2) is 7.45. The highest BCUT2D eigenvalue weighted by Crippen LogP contribution is 2.42. The number of benzene rings is 2. The number of amides is 1. The largest absolute Gasteiger partial charge is 0.503 e. The fourth-order valence-electron chi connectivity index (χ4n) is 3.77. The van der Waals surface area contributed by atoms with Gasteiger partial charge in [0.05, 0.1) is 23.5 Å². The fourth-order valence-corrected chi connectivity index (χ4v) is 3.96. The number of fused-ring (bicyclic) bond motifs is 1.